The molecule has 0 fully saturated rings. The number of benzene rings is 1. The molecule has 1 atom stereocenters. The molecule has 0 saturated carbocycles. The van der Waals surface area contributed by atoms with E-state index in [0.717, 1.165) is 5.56 Å². The Kier molecular flexibility index (Phi) is 2.95. The van der Waals surface area contributed by atoms with Crippen LogP contribution in [0.1, 0.15) is 12.5 Å². The summed E-state index contributed by atoms with van der Waals surface area (Å²) in [4.78, 5) is 24.4. The molecule has 1 aromatic rings. The first kappa shape index (κ1) is 11.4. The maximum atomic E-state index is 11.9. The quantitative estimate of drug-likeness (QED) is 0.786. The number of carbonyl (C=O) groups is 2. The van der Waals surface area contributed by atoms with E-state index in [9.17, 15) is 9.59 Å². The fourth-order valence-electron chi connectivity index (χ4n) is 2.08. The average Bonchev–Trinajstić information content (AvgIpc) is 2.68. The predicted octanol–water partition coefficient (Wildman–Crippen LogP) is 1.61. The van der Waals surface area contributed by atoms with Crippen molar-refractivity contribution >= 4 is 17.6 Å². The molecule has 1 heterocycles. The van der Waals surface area contributed by atoms with E-state index in [0.29, 0.717) is 12.1 Å². The minimum absolute atomic E-state index is 0.287. The lowest BCUT2D eigenvalue weighted by molar-refractivity contribution is -0.139. The molecule has 4 nitrogen and oxygen atoms in total. The molecule has 0 aliphatic carbocycles. The SMILES string of the molecule is CC=CC(=O)N1c2ccccc2CC1C(=O)O. The van der Waals surface area contributed by atoms with E-state index in [1.807, 2.05) is 12.1 Å². The number of aliphatic carboxylic acids is 1. The number of para-hydroxylation sites is 1. The summed E-state index contributed by atoms with van der Waals surface area (Å²) in [6.07, 6.45) is 3.37. The molecule has 1 aliphatic heterocycles. The van der Waals surface area contributed by atoms with Crippen LogP contribution in [0.5, 0.6) is 0 Å². The van der Waals surface area contributed by atoms with Crippen molar-refractivity contribution in [2.24, 2.45) is 0 Å². The molecule has 4 heteroatoms. The normalized spacial score (nSPS) is 18.4. The molecule has 88 valence electrons. The van der Waals surface area contributed by atoms with Gasteiger partial charge in [-0.05, 0) is 24.6 Å². The number of rotatable bonds is 2. The van der Waals surface area contributed by atoms with Crippen LogP contribution in [-0.2, 0) is 16.0 Å². The molecule has 0 radical (unpaired) electrons. The second-order valence-corrected chi connectivity index (χ2v) is 3.90. The van der Waals surface area contributed by atoms with Crippen molar-refractivity contribution < 1.29 is 14.7 Å². The van der Waals surface area contributed by atoms with Crippen LogP contribution in [0, 0.1) is 0 Å². The average molecular weight is 231 g/mol. The van der Waals surface area contributed by atoms with Crippen LogP contribution in [-0.4, -0.2) is 23.0 Å². The van der Waals surface area contributed by atoms with Gasteiger partial charge in [0.2, 0.25) is 0 Å². The van der Waals surface area contributed by atoms with Crippen LogP contribution in [0.3, 0.4) is 0 Å². The van der Waals surface area contributed by atoms with Crippen LogP contribution >= 0.6 is 0 Å². The molecular weight excluding hydrogens is 218 g/mol. The van der Waals surface area contributed by atoms with Crippen molar-refractivity contribution in [1.29, 1.82) is 0 Å². The highest BCUT2D eigenvalue weighted by molar-refractivity contribution is 6.07. The second-order valence-electron chi connectivity index (χ2n) is 3.90. The van der Waals surface area contributed by atoms with Gasteiger partial charge < -0.3 is 5.11 Å². The highest BCUT2D eigenvalue weighted by Gasteiger charge is 2.37. The lowest BCUT2D eigenvalue weighted by atomic mass is 10.1. The van der Waals surface area contributed by atoms with Gasteiger partial charge in [0.25, 0.3) is 5.91 Å². The summed E-state index contributed by atoms with van der Waals surface area (Å²) in [6.45, 7) is 1.73. The van der Waals surface area contributed by atoms with Gasteiger partial charge in [0, 0.05) is 12.1 Å². The van der Waals surface area contributed by atoms with E-state index in [1.165, 1.54) is 11.0 Å². The molecule has 2 rings (SSSR count). The maximum Gasteiger partial charge on any atom is 0.327 e. The van der Waals surface area contributed by atoms with Crippen LogP contribution in [0.4, 0.5) is 5.69 Å². The third-order valence-electron chi connectivity index (χ3n) is 2.81. The monoisotopic (exact) mass is 231 g/mol. The highest BCUT2D eigenvalue weighted by Crippen LogP contribution is 2.32. The van der Waals surface area contributed by atoms with Crippen molar-refractivity contribution in [1.82, 2.24) is 0 Å². The van der Waals surface area contributed by atoms with Crippen molar-refractivity contribution in [3.05, 3.63) is 42.0 Å². The summed E-state index contributed by atoms with van der Waals surface area (Å²) in [5, 5.41) is 9.15. The van der Waals surface area contributed by atoms with Gasteiger partial charge in [-0.15, -0.1) is 0 Å². The van der Waals surface area contributed by atoms with E-state index >= 15 is 0 Å². The number of carbonyl (C=O) groups excluding carboxylic acids is 1. The Morgan fingerprint density at radius 2 is 2.12 bits per heavy atom. The molecule has 1 aromatic carbocycles. The first-order valence-corrected chi connectivity index (χ1v) is 5.41. The Balaban J connectivity index is 2.44. The van der Waals surface area contributed by atoms with E-state index in [1.54, 1.807) is 25.1 Å². The fraction of sp³-hybridized carbons (Fsp3) is 0.231. The number of anilines is 1. The summed E-state index contributed by atoms with van der Waals surface area (Å²) in [5.74, 6) is -1.26. The summed E-state index contributed by atoms with van der Waals surface area (Å²) in [7, 11) is 0. The number of allylic oxidation sites excluding steroid dienone is 1. The molecule has 1 aliphatic rings. The topological polar surface area (TPSA) is 57.6 Å². The molecule has 0 spiro atoms. The van der Waals surface area contributed by atoms with Gasteiger partial charge in [-0.1, -0.05) is 24.3 Å². The Morgan fingerprint density at radius 3 is 2.76 bits per heavy atom. The zero-order chi connectivity index (χ0) is 12.4. The largest absolute Gasteiger partial charge is 0.480 e. The van der Waals surface area contributed by atoms with Crippen molar-refractivity contribution in [2.75, 3.05) is 4.90 Å². The number of fused-ring (bicyclic) bond motifs is 1. The number of nitrogens with zero attached hydrogens (tertiary/aromatic N) is 1. The molecule has 0 aromatic heterocycles. The van der Waals surface area contributed by atoms with E-state index in [2.05, 4.69) is 0 Å². The number of carboxylic acids is 1. The van der Waals surface area contributed by atoms with Crippen molar-refractivity contribution in [3.63, 3.8) is 0 Å². The Bertz CT molecular complexity index is 493. The summed E-state index contributed by atoms with van der Waals surface area (Å²) in [5.41, 5.74) is 1.60. The van der Waals surface area contributed by atoms with Crippen LogP contribution in [0.2, 0.25) is 0 Å². The number of hydrogen-bond acceptors (Lipinski definition) is 2. The zero-order valence-corrected chi connectivity index (χ0v) is 9.46. The predicted molar refractivity (Wildman–Crippen MR) is 63.9 cm³/mol. The zero-order valence-electron chi connectivity index (χ0n) is 9.46. The third-order valence-corrected chi connectivity index (χ3v) is 2.81. The maximum absolute atomic E-state index is 11.9. The minimum Gasteiger partial charge on any atom is -0.480 e. The number of amides is 1. The first-order chi connectivity index (χ1) is 8.15. The van der Waals surface area contributed by atoms with Gasteiger partial charge in [0.15, 0.2) is 0 Å². The summed E-state index contributed by atoms with van der Waals surface area (Å²) in [6, 6.07) is 6.49. The lowest BCUT2D eigenvalue weighted by Crippen LogP contribution is -2.42. The van der Waals surface area contributed by atoms with Crippen LogP contribution in [0.15, 0.2) is 36.4 Å². The van der Waals surface area contributed by atoms with Gasteiger partial charge in [-0.3, -0.25) is 9.69 Å². The number of hydrogen-bond donors (Lipinski definition) is 1. The van der Waals surface area contributed by atoms with Crippen LogP contribution in [0.25, 0.3) is 0 Å². The van der Waals surface area contributed by atoms with Crippen LogP contribution < -0.4 is 4.90 Å². The Hall–Kier alpha value is -2.10. The van der Waals surface area contributed by atoms with E-state index < -0.39 is 12.0 Å². The standard InChI is InChI=1S/C13H13NO3/c1-2-5-12(15)14-10-7-4-3-6-9(10)8-11(14)13(16)17/h2-7,11H,8H2,1H3,(H,16,17). The van der Waals surface area contributed by atoms with Crippen molar-refractivity contribution in [2.45, 2.75) is 19.4 Å². The minimum atomic E-state index is -0.973. The Morgan fingerprint density at radius 1 is 1.41 bits per heavy atom. The first-order valence-electron chi connectivity index (χ1n) is 5.41. The molecule has 17 heavy (non-hydrogen) atoms. The van der Waals surface area contributed by atoms with Gasteiger partial charge >= 0.3 is 5.97 Å². The summed E-state index contributed by atoms with van der Waals surface area (Å²) >= 11 is 0. The van der Waals surface area contributed by atoms with Gasteiger partial charge in [0.1, 0.15) is 6.04 Å². The summed E-state index contributed by atoms with van der Waals surface area (Å²) < 4.78 is 0. The molecule has 0 saturated heterocycles. The van der Waals surface area contributed by atoms with E-state index in [4.69, 9.17) is 5.11 Å². The molecule has 0 bridgehead atoms. The van der Waals surface area contributed by atoms with Crippen molar-refractivity contribution in [3.8, 4) is 0 Å². The van der Waals surface area contributed by atoms with Gasteiger partial charge in [-0.2, -0.15) is 0 Å². The fourth-order valence-corrected chi connectivity index (χ4v) is 2.08. The van der Waals surface area contributed by atoms with E-state index in [-0.39, 0.29) is 5.91 Å². The lowest BCUT2D eigenvalue weighted by Gasteiger charge is -2.20. The molecule has 1 N–H and O–H groups in total. The smallest absolute Gasteiger partial charge is 0.327 e. The molecule has 1 amide bonds. The number of carboxylic acid groups (broad SMARTS) is 1. The van der Waals surface area contributed by atoms with Gasteiger partial charge in [-0.25, -0.2) is 4.79 Å². The highest BCUT2D eigenvalue weighted by atomic mass is 16.4. The Labute approximate surface area is 99.2 Å². The second kappa shape index (κ2) is 4.41. The third kappa shape index (κ3) is 1.93. The van der Waals surface area contributed by atoms with Gasteiger partial charge in [0.05, 0.1) is 0 Å². The molecule has 1 unspecified atom stereocenters. The molecular formula is C13H13NO3.